The Labute approximate surface area is 241 Å². The number of benzene rings is 4. The fraction of sp³-hybridized carbons (Fsp3) is 0.0882. The van der Waals surface area contributed by atoms with Gasteiger partial charge < -0.3 is 23.6 Å². The highest BCUT2D eigenvalue weighted by molar-refractivity contribution is 5.79. The highest BCUT2D eigenvalue weighted by Gasteiger charge is 2.28. The molecule has 8 nitrogen and oxygen atoms in total. The number of nitrogens with zero attached hydrogens (tertiary/aromatic N) is 2. The fourth-order valence-electron chi connectivity index (χ4n) is 4.48. The number of aliphatic hydroxyl groups excluding tert-OH is 1. The number of carbonyl (C=O) groups excluding carboxylic acids is 1. The summed E-state index contributed by atoms with van der Waals surface area (Å²) >= 11 is 0. The summed E-state index contributed by atoms with van der Waals surface area (Å²) in [5, 5.41) is 19.4. The lowest BCUT2D eigenvalue weighted by Gasteiger charge is -2.09. The number of aromatic nitrogens is 2. The minimum absolute atomic E-state index is 0.0974. The largest absolute Gasteiger partial charge is 0.489 e. The molecule has 0 aliphatic heterocycles. The number of rotatable bonds is 11. The molecule has 0 aliphatic rings. The molecule has 42 heavy (non-hydrogen) atoms. The molecule has 4 aromatic carbocycles. The van der Waals surface area contributed by atoms with Gasteiger partial charge in [-0.2, -0.15) is 0 Å². The molecule has 0 spiro atoms. The highest BCUT2D eigenvalue weighted by atomic mass is 16.5. The van der Waals surface area contributed by atoms with Crippen LogP contribution < -0.4 is 9.47 Å². The second-order valence-electron chi connectivity index (χ2n) is 9.54. The average molecular weight is 559 g/mol. The maximum Gasteiger partial charge on any atom is 0.206 e. The van der Waals surface area contributed by atoms with E-state index in [0.29, 0.717) is 48.0 Å². The van der Waals surface area contributed by atoms with Crippen LogP contribution in [0.2, 0.25) is 0 Å². The molecule has 208 valence electrons. The average Bonchev–Trinajstić information content (AvgIpc) is 3.72. The van der Waals surface area contributed by atoms with Crippen LogP contribution in [0.5, 0.6) is 11.5 Å². The molecule has 0 saturated heterocycles. The lowest BCUT2D eigenvalue weighted by atomic mass is 9.99. The van der Waals surface area contributed by atoms with Gasteiger partial charge in [0.05, 0.1) is 5.56 Å². The Morgan fingerprint density at radius 3 is 1.79 bits per heavy atom. The smallest absolute Gasteiger partial charge is 0.206 e. The molecule has 8 heteroatoms. The Kier molecular flexibility index (Phi) is 7.87. The van der Waals surface area contributed by atoms with Crippen LogP contribution in [0.15, 0.2) is 124 Å². The van der Waals surface area contributed by atoms with Crippen LogP contribution in [0.1, 0.15) is 39.1 Å². The van der Waals surface area contributed by atoms with E-state index in [1.54, 1.807) is 30.3 Å². The molecule has 0 fully saturated rings. The normalized spacial score (nSPS) is 11.6. The second kappa shape index (κ2) is 12.4. The molecule has 2 aromatic heterocycles. The van der Waals surface area contributed by atoms with Crippen molar-refractivity contribution in [1.29, 1.82) is 0 Å². The first-order chi connectivity index (χ1) is 20.7. The van der Waals surface area contributed by atoms with Gasteiger partial charge in [0.25, 0.3) is 0 Å². The van der Waals surface area contributed by atoms with Crippen molar-refractivity contribution in [2.24, 2.45) is 0 Å². The standard InChI is InChI=1S/C34H26N2O6/c37-20-31-32(33(36-42-31)26-13-17-28(18-14-26)40-22-24-9-5-2-6-10-24)34(38)30-19-29(35-41-30)25-11-15-27(16-12-25)39-21-23-7-3-1-4-8-23/h1-20,34,38H,21-22H2. The molecule has 1 atom stereocenters. The van der Waals surface area contributed by atoms with Crippen LogP contribution in [0.4, 0.5) is 0 Å². The molecule has 0 saturated carbocycles. The third-order valence-corrected chi connectivity index (χ3v) is 6.71. The number of aliphatic hydroxyl groups is 1. The summed E-state index contributed by atoms with van der Waals surface area (Å²) in [4.78, 5) is 11.8. The summed E-state index contributed by atoms with van der Waals surface area (Å²) in [6, 6.07) is 36.0. The van der Waals surface area contributed by atoms with Crippen LogP contribution in [0.25, 0.3) is 22.5 Å². The maximum atomic E-state index is 11.8. The van der Waals surface area contributed by atoms with Gasteiger partial charge in [-0.05, 0) is 59.7 Å². The van der Waals surface area contributed by atoms with Gasteiger partial charge in [0, 0.05) is 17.2 Å². The van der Waals surface area contributed by atoms with E-state index < -0.39 is 6.10 Å². The van der Waals surface area contributed by atoms with Gasteiger partial charge in [0.1, 0.15) is 42.2 Å². The zero-order valence-electron chi connectivity index (χ0n) is 22.4. The van der Waals surface area contributed by atoms with E-state index in [1.807, 2.05) is 84.9 Å². The monoisotopic (exact) mass is 558 g/mol. The van der Waals surface area contributed by atoms with Crippen LogP contribution >= 0.6 is 0 Å². The summed E-state index contributed by atoms with van der Waals surface area (Å²) in [6.07, 6.45) is -0.826. The van der Waals surface area contributed by atoms with E-state index in [9.17, 15) is 9.90 Å². The van der Waals surface area contributed by atoms with Crippen molar-refractivity contribution >= 4 is 6.29 Å². The van der Waals surface area contributed by atoms with Crippen LogP contribution in [0, 0.1) is 0 Å². The topological polar surface area (TPSA) is 108 Å². The Bertz CT molecular complexity index is 1740. The lowest BCUT2D eigenvalue weighted by Crippen LogP contribution is -2.02. The maximum absolute atomic E-state index is 11.8. The minimum atomic E-state index is -1.34. The molecule has 1 N–H and O–H groups in total. The molecule has 0 bridgehead atoms. The quantitative estimate of drug-likeness (QED) is 0.169. The number of aldehydes is 1. The minimum Gasteiger partial charge on any atom is -0.489 e. The Morgan fingerprint density at radius 2 is 1.24 bits per heavy atom. The van der Waals surface area contributed by atoms with Gasteiger partial charge in [0.15, 0.2) is 12.0 Å². The van der Waals surface area contributed by atoms with Gasteiger partial charge in [-0.1, -0.05) is 71.0 Å². The molecule has 6 aromatic rings. The predicted octanol–water partition coefficient (Wildman–Crippen LogP) is 7.05. The van der Waals surface area contributed by atoms with Crippen LogP contribution in [-0.4, -0.2) is 21.7 Å². The van der Waals surface area contributed by atoms with E-state index in [2.05, 4.69) is 10.3 Å². The molecule has 1 unspecified atom stereocenters. The first kappa shape index (κ1) is 26.7. The molecule has 0 amide bonds. The lowest BCUT2D eigenvalue weighted by molar-refractivity contribution is 0.108. The van der Waals surface area contributed by atoms with Crippen molar-refractivity contribution in [2.75, 3.05) is 0 Å². The first-order valence-electron chi connectivity index (χ1n) is 13.3. The van der Waals surface area contributed by atoms with Gasteiger partial charge in [-0.15, -0.1) is 0 Å². The Morgan fingerprint density at radius 1 is 0.690 bits per heavy atom. The summed E-state index contributed by atoms with van der Waals surface area (Å²) in [6.45, 7) is 0.894. The molecular formula is C34H26N2O6. The van der Waals surface area contributed by atoms with E-state index in [-0.39, 0.29) is 17.1 Å². The van der Waals surface area contributed by atoms with Crippen LogP contribution in [-0.2, 0) is 13.2 Å². The zero-order chi connectivity index (χ0) is 28.7. The predicted molar refractivity (Wildman–Crippen MR) is 155 cm³/mol. The van der Waals surface area contributed by atoms with Crippen molar-refractivity contribution in [3.05, 3.63) is 143 Å². The molecule has 2 heterocycles. The van der Waals surface area contributed by atoms with Gasteiger partial charge in [0.2, 0.25) is 5.76 Å². The van der Waals surface area contributed by atoms with Crippen LogP contribution in [0.3, 0.4) is 0 Å². The Balaban J connectivity index is 1.16. The molecule has 0 aliphatic carbocycles. The van der Waals surface area contributed by atoms with E-state index in [4.69, 9.17) is 18.5 Å². The molecule has 0 radical (unpaired) electrons. The highest BCUT2D eigenvalue weighted by Crippen LogP contribution is 2.35. The number of hydrogen-bond acceptors (Lipinski definition) is 8. The van der Waals surface area contributed by atoms with Crippen molar-refractivity contribution in [3.8, 4) is 34.0 Å². The SMILES string of the molecule is O=Cc1onc(-c2ccc(OCc3ccccc3)cc2)c1C(O)c1cc(-c2ccc(OCc3ccccc3)cc2)no1. The van der Waals surface area contributed by atoms with Gasteiger partial charge in [-0.25, -0.2) is 0 Å². The summed E-state index contributed by atoms with van der Waals surface area (Å²) in [5.74, 6) is 1.43. The van der Waals surface area contributed by atoms with Crippen molar-refractivity contribution < 1.29 is 28.4 Å². The van der Waals surface area contributed by atoms with Crippen molar-refractivity contribution in [3.63, 3.8) is 0 Å². The Hall–Kier alpha value is -5.47. The van der Waals surface area contributed by atoms with Crippen molar-refractivity contribution in [1.82, 2.24) is 10.3 Å². The third-order valence-electron chi connectivity index (χ3n) is 6.71. The van der Waals surface area contributed by atoms with Gasteiger partial charge in [-0.3, -0.25) is 4.79 Å². The van der Waals surface area contributed by atoms with E-state index >= 15 is 0 Å². The van der Waals surface area contributed by atoms with Crippen molar-refractivity contribution in [2.45, 2.75) is 19.3 Å². The van der Waals surface area contributed by atoms with E-state index in [0.717, 1.165) is 16.7 Å². The zero-order valence-corrected chi connectivity index (χ0v) is 22.4. The third kappa shape index (κ3) is 5.99. The summed E-state index contributed by atoms with van der Waals surface area (Å²) in [5.41, 5.74) is 4.57. The number of carbonyl (C=O) groups is 1. The summed E-state index contributed by atoms with van der Waals surface area (Å²) < 4.78 is 22.5. The van der Waals surface area contributed by atoms with Gasteiger partial charge >= 0.3 is 0 Å². The molecule has 6 rings (SSSR count). The number of hydrogen-bond donors (Lipinski definition) is 1. The van der Waals surface area contributed by atoms with E-state index in [1.165, 1.54) is 0 Å². The molecular weight excluding hydrogens is 532 g/mol. The summed E-state index contributed by atoms with van der Waals surface area (Å²) in [7, 11) is 0. The fourth-order valence-corrected chi connectivity index (χ4v) is 4.48. The number of ether oxygens (including phenoxy) is 2. The first-order valence-corrected chi connectivity index (χ1v) is 13.3. The second-order valence-corrected chi connectivity index (χ2v) is 9.54.